The summed E-state index contributed by atoms with van der Waals surface area (Å²) in [6, 6.07) is 77.4. The number of thiophene rings is 2. The van der Waals surface area contributed by atoms with Gasteiger partial charge in [-0.1, -0.05) is 146 Å². The molecule has 4 heteroatoms. The summed E-state index contributed by atoms with van der Waals surface area (Å²) in [6.07, 6.45) is 0. The van der Waals surface area contributed by atoms with Crippen molar-refractivity contribution in [3.8, 4) is 33.4 Å². The molecule has 0 fully saturated rings. The van der Waals surface area contributed by atoms with Crippen LogP contribution < -0.4 is 4.90 Å². The van der Waals surface area contributed by atoms with E-state index in [-0.39, 0.29) is 0 Å². The number of fused-ring (bicyclic) bond motifs is 11. The Morgan fingerprint density at radius 1 is 0.339 bits per heavy atom. The van der Waals surface area contributed by atoms with E-state index in [1.165, 1.54) is 101 Å². The third-order valence-electron chi connectivity index (χ3n) is 12.5. The van der Waals surface area contributed by atoms with Crippen LogP contribution in [-0.4, -0.2) is 0 Å². The first-order valence-electron chi connectivity index (χ1n) is 21.0. The van der Waals surface area contributed by atoms with Crippen LogP contribution in [0.3, 0.4) is 0 Å². The molecule has 0 atom stereocenters. The van der Waals surface area contributed by atoms with Crippen molar-refractivity contribution in [3.63, 3.8) is 0 Å². The Balaban J connectivity index is 0.920. The Bertz CT molecular complexity index is 3860. The summed E-state index contributed by atoms with van der Waals surface area (Å²) in [5.74, 6) is 0. The van der Waals surface area contributed by atoms with E-state index in [0.29, 0.717) is 0 Å². The third kappa shape index (κ3) is 5.61. The Hall–Kier alpha value is -7.50. The molecule has 0 bridgehead atoms. The Morgan fingerprint density at radius 3 is 1.71 bits per heavy atom. The van der Waals surface area contributed by atoms with Crippen LogP contribution >= 0.6 is 22.7 Å². The van der Waals surface area contributed by atoms with Gasteiger partial charge in [0.05, 0.1) is 10.4 Å². The van der Waals surface area contributed by atoms with Gasteiger partial charge >= 0.3 is 0 Å². The summed E-state index contributed by atoms with van der Waals surface area (Å²) in [5.41, 5.74) is 12.6. The van der Waals surface area contributed by atoms with Gasteiger partial charge in [0.25, 0.3) is 0 Å². The Kier molecular flexibility index (Phi) is 7.99. The van der Waals surface area contributed by atoms with Gasteiger partial charge in [0.2, 0.25) is 0 Å². The fraction of sp³-hybridized carbons (Fsp3) is 0. The molecule has 0 aliphatic rings. The van der Waals surface area contributed by atoms with Crippen molar-refractivity contribution in [3.05, 3.63) is 212 Å². The first-order chi connectivity index (χ1) is 30.7. The zero-order valence-corrected chi connectivity index (χ0v) is 35.0. The SMILES string of the molecule is c1ccc(-c2ccc3ccc(-c4ccc(N(c5ccc(-c6cccc7c6sc6c7ccc7oc8ccccc8c76)cc5)c5cccc6c5sc5ccccc56)cc4)cc3c2)cc1. The van der Waals surface area contributed by atoms with E-state index < -0.39 is 0 Å². The number of hydrogen-bond donors (Lipinski definition) is 0. The molecule has 290 valence electrons. The fourth-order valence-corrected chi connectivity index (χ4v) is 12.1. The van der Waals surface area contributed by atoms with Crippen LogP contribution in [0.4, 0.5) is 17.1 Å². The predicted molar refractivity (Wildman–Crippen MR) is 268 cm³/mol. The lowest BCUT2D eigenvalue weighted by molar-refractivity contribution is 0.669. The van der Waals surface area contributed by atoms with E-state index in [9.17, 15) is 0 Å². The average molecular weight is 826 g/mol. The maximum Gasteiger partial charge on any atom is 0.136 e. The molecule has 0 aliphatic heterocycles. The van der Waals surface area contributed by atoms with Crippen molar-refractivity contribution in [2.24, 2.45) is 0 Å². The van der Waals surface area contributed by atoms with Gasteiger partial charge in [-0.3, -0.25) is 0 Å². The molecule has 0 aliphatic carbocycles. The molecule has 13 aromatic rings. The van der Waals surface area contributed by atoms with E-state index in [1.807, 2.05) is 28.7 Å². The summed E-state index contributed by atoms with van der Waals surface area (Å²) in [7, 11) is 0. The number of nitrogens with zero attached hydrogens (tertiary/aromatic N) is 1. The second-order valence-electron chi connectivity index (χ2n) is 16.0. The van der Waals surface area contributed by atoms with Gasteiger partial charge in [-0.05, 0) is 111 Å². The minimum atomic E-state index is 0.931. The third-order valence-corrected chi connectivity index (χ3v) is 15.0. The molecule has 0 radical (unpaired) electrons. The van der Waals surface area contributed by atoms with Crippen LogP contribution in [0.15, 0.2) is 217 Å². The van der Waals surface area contributed by atoms with Gasteiger partial charge in [-0.15, -0.1) is 22.7 Å². The molecule has 0 spiro atoms. The first-order valence-corrected chi connectivity index (χ1v) is 22.6. The quantitative estimate of drug-likeness (QED) is 0.166. The molecule has 13 rings (SSSR count). The summed E-state index contributed by atoms with van der Waals surface area (Å²) in [6.45, 7) is 0. The molecule has 3 heterocycles. The number of anilines is 3. The fourth-order valence-electron chi connectivity index (χ4n) is 9.46. The topological polar surface area (TPSA) is 16.4 Å². The minimum Gasteiger partial charge on any atom is -0.456 e. The number of furan rings is 1. The number of para-hydroxylation sites is 1. The van der Waals surface area contributed by atoms with E-state index >= 15 is 0 Å². The van der Waals surface area contributed by atoms with E-state index in [0.717, 1.165) is 22.5 Å². The van der Waals surface area contributed by atoms with Crippen LogP contribution in [0.2, 0.25) is 0 Å². The highest BCUT2D eigenvalue weighted by Crippen LogP contribution is 2.48. The highest BCUT2D eigenvalue weighted by atomic mass is 32.1. The predicted octanol–water partition coefficient (Wildman–Crippen LogP) is 17.9. The van der Waals surface area contributed by atoms with Crippen LogP contribution in [-0.2, 0) is 0 Å². The molecule has 0 N–H and O–H groups in total. The average Bonchev–Trinajstić information content (AvgIpc) is 4.04. The van der Waals surface area contributed by atoms with Crippen molar-refractivity contribution >= 4 is 113 Å². The van der Waals surface area contributed by atoms with E-state index in [4.69, 9.17) is 4.42 Å². The van der Waals surface area contributed by atoms with Crippen molar-refractivity contribution in [2.75, 3.05) is 4.90 Å². The smallest absolute Gasteiger partial charge is 0.136 e. The normalized spacial score (nSPS) is 11.9. The highest BCUT2D eigenvalue weighted by Gasteiger charge is 2.20. The minimum absolute atomic E-state index is 0.931. The van der Waals surface area contributed by atoms with Gasteiger partial charge in [-0.25, -0.2) is 0 Å². The molecule has 3 aromatic heterocycles. The molecule has 10 aromatic carbocycles. The second kappa shape index (κ2) is 14.0. The van der Waals surface area contributed by atoms with Gasteiger partial charge in [0, 0.05) is 57.8 Å². The molecule has 0 saturated heterocycles. The van der Waals surface area contributed by atoms with Crippen LogP contribution in [0, 0.1) is 0 Å². The standard InChI is InChI=1S/C58H35NOS2/c1-2-10-36(11-3-1)40-22-20-38-21-23-41(35-42(38)34-40)37-24-28-43(29-25-37)59(51-17-9-16-47-46-12-5-7-19-54(46)61-57(47)51)44-30-26-39(27-31-44)45-14-8-15-48-49-32-33-53-55(58(49)62-56(45)48)50-13-4-6-18-52(50)60-53/h1-35H. The number of rotatable bonds is 6. The molecular weight excluding hydrogens is 791 g/mol. The van der Waals surface area contributed by atoms with E-state index in [1.54, 1.807) is 0 Å². The van der Waals surface area contributed by atoms with Gasteiger partial charge < -0.3 is 9.32 Å². The van der Waals surface area contributed by atoms with Gasteiger partial charge in [0.1, 0.15) is 11.2 Å². The molecule has 0 saturated carbocycles. The first kappa shape index (κ1) is 35.3. The van der Waals surface area contributed by atoms with Crippen LogP contribution in [0.1, 0.15) is 0 Å². The maximum absolute atomic E-state index is 6.29. The Labute approximate surface area is 365 Å². The summed E-state index contributed by atoms with van der Waals surface area (Å²) in [5, 5.41) is 9.98. The van der Waals surface area contributed by atoms with Crippen LogP contribution in [0.5, 0.6) is 0 Å². The lowest BCUT2D eigenvalue weighted by atomic mass is 9.97. The molecule has 2 nitrogen and oxygen atoms in total. The lowest BCUT2D eigenvalue weighted by Gasteiger charge is -2.26. The number of benzene rings is 10. The van der Waals surface area contributed by atoms with Gasteiger partial charge in [-0.2, -0.15) is 0 Å². The maximum atomic E-state index is 6.29. The monoisotopic (exact) mass is 825 g/mol. The summed E-state index contributed by atoms with van der Waals surface area (Å²) < 4.78 is 11.4. The second-order valence-corrected chi connectivity index (χ2v) is 18.1. The lowest BCUT2D eigenvalue weighted by Crippen LogP contribution is -2.10. The molecular formula is C58H35NOS2. The van der Waals surface area contributed by atoms with Gasteiger partial charge in [0.15, 0.2) is 0 Å². The molecule has 0 unspecified atom stereocenters. The summed E-state index contributed by atoms with van der Waals surface area (Å²) in [4.78, 5) is 2.43. The zero-order chi connectivity index (χ0) is 40.7. The van der Waals surface area contributed by atoms with Crippen molar-refractivity contribution in [1.29, 1.82) is 0 Å². The van der Waals surface area contributed by atoms with Crippen molar-refractivity contribution in [2.45, 2.75) is 0 Å². The van der Waals surface area contributed by atoms with Crippen LogP contribution in [0.25, 0.3) is 106 Å². The highest BCUT2D eigenvalue weighted by molar-refractivity contribution is 7.27. The summed E-state index contributed by atoms with van der Waals surface area (Å²) >= 11 is 3.73. The van der Waals surface area contributed by atoms with E-state index in [2.05, 4.69) is 211 Å². The van der Waals surface area contributed by atoms with Crippen molar-refractivity contribution < 1.29 is 4.42 Å². The Morgan fingerprint density at radius 2 is 0.935 bits per heavy atom. The zero-order valence-electron chi connectivity index (χ0n) is 33.4. The molecule has 62 heavy (non-hydrogen) atoms. The molecule has 0 amide bonds. The number of hydrogen-bond acceptors (Lipinski definition) is 4. The largest absolute Gasteiger partial charge is 0.456 e. The van der Waals surface area contributed by atoms with Crippen molar-refractivity contribution in [1.82, 2.24) is 0 Å².